The van der Waals surface area contributed by atoms with Gasteiger partial charge in [-0.25, -0.2) is 0 Å². The molecule has 0 saturated heterocycles. The summed E-state index contributed by atoms with van der Waals surface area (Å²) in [6, 6.07) is 7.42. The van der Waals surface area contributed by atoms with Crippen LogP contribution in [0.3, 0.4) is 0 Å². The van der Waals surface area contributed by atoms with E-state index in [4.69, 9.17) is 4.55 Å². The van der Waals surface area contributed by atoms with Crippen LogP contribution in [-0.2, 0) is 10.1 Å². The second-order valence-electron chi connectivity index (χ2n) is 3.50. The van der Waals surface area contributed by atoms with Crippen molar-refractivity contribution < 1.29 is 13.0 Å². The third-order valence-corrected chi connectivity index (χ3v) is 2.87. The van der Waals surface area contributed by atoms with Crippen molar-refractivity contribution in [2.24, 2.45) is 0 Å². The van der Waals surface area contributed by atoms with Gasteiger partial charge in [0.15, 0.2) is 0 Å². The van der Waals surface area contributed by atoms with Gasteiger partial charge in [-0.1, -0.05) is 57.7 Å². The molecule has 0 amide bonds. The Morgan fingerprint density at radius 1 is 1.00 bits per heavy atom. The van der Waals surface area contributed by atoms with Gasteiger partial charge in [-0.05, 0) is 12.1 Å². The van der Waals surface area contributed by atoms with Crippen molar-refractivity contribution in [2.45, 2.75) is 44.4 Å². The van der Waals surface area contributed by atoms with Crippen LogP contribution < -0.4 is 0 Å². The lowest BCUT2D eigenvalue weighted by atomic mass is 10.2. The molecule has 1 N–H and O–H groups in total. The van der Waals surface area contributed by atoms with E-state index in [0.29, 0.717) is 0 Å². The minimum absolute atomic E-state index is 0.0741. The highest BCUT2D eigenvalue weighted by molar-refractivity contribution is 7.85. The Hall–Kier alpha value is -0.870. The lowest BCUT2D eigenvalue weighted by molar-refractivity contribution is 0.483. The van der Waals surface area contributed by atoms with Crippen molar-refractivity contribution in [1.82, 2.24) is 0 Å². The van der Waals surface area contributed by atoms with Crippen molar-refractivity contribution in [3.05, 3.63) is 30.3 Å². The Kier molecular flexibility index (Phi) is 7.85. The monoisotopic (exact) mass is 244 g/mol. The quantitative estimate of drug-likeness (QED) is 0.651. The highest BCUT2D eigenvalue weighted by Gasteiger charge is 2.05. The van der Waals surface area contributed by atoms with Gasteiger partial charge in [0.2, 0.25) is 0 Å². The van der Waals surface area contributed by atoms with Crippen molar-refractivity contribution in [3.8, 4) is 0 Å². The van der Waals surface area contributed by atoms with Gasteiger partial charge in [0.25, 0.3) is 10.1 Å². The topological polar surface area (TPSA) is 54.4 Å². The van der Waals surface area contributed by atoms with Crippen LogP contribution in [0, 0.1) is 0 Å². The first-order chi connectivity index (χ1) is 7.52. The van der Waals surface area contributed by atoms with Gasteiger partial charge < -0.3 is 0 Å². The largest absolute Gasteiger partial charge is 0.294 e. The summed E-state index contributed by atoms with van der Waals surface area (Å²) in [6.07, 6.45) is 5.54. The van der Waals surface area contributed by atoms with Gasteiger partial charge >= 0.3 is 0 Å². The molecular weight excluding hydrogens is 224 g/mol. The summed E-state index contributed by atoms with van der Waals surface area (Å²) in [6.45, 7) is 4.46. The van der Waals surface area contributed by atoms with Gasteiger partial charge in [0.05, 0.1) is 4.90 Å². The molecule has 92 valence electrons. The fourth-order valence-electron chi connectivity index (χ4n) is 1.09. The molecule has 1 rings (SSSR count). The van der Waals surface area contributed by atoms with E-state index in [9.17, 15) is 8.42 Å². The maximum Gasteiger partial charge on any atom is 0.294 e. The van der Waals surface area contributed by atoms with Gasteiger partial charge in [-0.3, -0.25) is 4.55 Å². The molecule has 0 aliphatic heterocycles. The van der Waals surface area contributed by atoms with Gasteiger partial charge in [0, 0.05) is 0 Å². The van der Waals surface area contributed by atoms with Crippen LogP contribution >= 0.6 is 0 Å². The number of hydrogen-bond acceptors (Lipinski definition) is 2. The third kappa shape index (κ3) is 7.43. The lowest BCUT2D eigenvalue weighted by Crippen LogP contribution is -1.96. The van der Waals surface area contributed by atoms with Gasteiger partial charge in [0.1, 0.15) is 0 Å². The maximum atomic E-state index is 10.4. The minimum Gasteiger partial charge on any atom is -0.282 e. The zero-order chi connectivity index (χ0) is 12.4. The van der Waals surface area contributed by atoms with E-state index < -0.39 is 10.1 Å². The first-order valence-electron chi connectivity index (χ1n) is 5.54. The van der Waals surface area contributed by atoms with Crippen molar-refractivity contribution >= 4 is 10.1 Å². The molecule has 0 unspecified atom stereocenters. The molecule has 3 nitrogen and oxygen atoms in total. The molecule has 0 aliphatic rings. The summed E-state index contributed by atoms with van der Waals surface area (Å²) < 4.78 is 29.2. The number of unbranched alkanes of at least 4 members (excludes halogenated alkanes) is 3. The molecule has 0 radical (unpaired) electrons. The third-order valence-electron chi connectivity index (χ3n) is 2.00. The molecule has 0 aliphatic carbocycles. The Morgan fingerprint density at radius 2 is 1.44 bits per heavy atom. The Bertz CT molecular complexity index is 353. The summed E-state index contributed by atoms with van der Waals surface area (Å²) in [5.41, 5.74) is 0. The summed E-state index contributed by atoms with van der Waals surface area (Å²) in [5.74, 6) is 0. The molecule has 4 heteroatoms. The average molecular weight is 244 g/mol. The van der Waals surface area contributed by atoms with Gasteiger partial charge in [-0.2, -0.15) is 8.42 Å². The number of rotatable bonds is 4. The van der Waals surface area contributed by atoms with Gasteiger partial charge in [-0.15, -0.1) is 0 Å². The first kappa shape index (κ1) is 15.1. The molecule has 0 fully saturated rings. The highest BCUT2D eigenvalue weighted by Crippen LogP contribution is 2.05. The molecule has 0 heterocycles. The molecule has 16 heavy (non-hydrogen) atoms. The smallest absolute Gasteiger partial charge is 0.282 e. The zero-order valence-electron chi connectivity index (χ0n) is 9.89. The van der Waals surface area contributed by atoms with Crippen LogP contribution in [0.15, 0.2) is 35.2 Å². The molecular formula is C12H20O3S. The highest BCUT2D eigenvalue weighted by atomic mass is 32.2. The van der Waals surface area contributed by atoms with E-state index in [0.717, 1.165) is 0 Å². The second kappa shape index (κ2) is 8.30. The van der Waals surface area contributed by atoms with Crippen LogP contribution in [0.4, 0.5) is 0 Å². The maximum absolute atomic E-state index is 10.4. The average Bonchev–Trinajstić information content (AvgIpc) is 2.27. The molecule has 0 bridgehead atoms. The van der Waals surface area contributed by atoms with E-state index >= 15 is 0 Å². The van der Waals surface area contributed by atoms with E-state index in [1.165, 1.54) is 37.8 Å². The summed E-state index contributed by atoms with van der Waals surface area (Å²) in [4.78, 5) is -0.0741. The summed E-state index contributed by atoms with van der Waals surface area (Å²) in [5, 5.41) is 0. The Labute approximate surface area is 98.3 Å². The van der Waals surface area contributed by atoms with Crippen molar-refractivity contribution in [3.63, 3.8) is 0 Å². The molecule has 0 spiro atoms. The van der Waals surface area contributed by atoms with Crippen LogP contribution in [0.5, 0.6) is 0 Å². The van der Waals surface area contributed by atoms with E-state index in [1.54, 1.807) is 18.2 Å². The van der Waals surface area contributed by atoms with Crippen molar-refractivity contribution in [2.75, 3.05) is 0 Å². The second-order valence-corrected chi connectivity index (χ2v) is 4.92. The number of benzene rings is 1. The van der Waals surface area contributed by atoms with E-state index in [2.05, 4.69) is 13.8 Å². The van der Waals surface area contributed by atoms with Crippen LogP contribution in [-0.4, -0.2) is 13.0 Å². The molecule has 1 aromatic rings. The zero-order valence-corrected chi connectivity index (χ0v) is 10.7. The fourth-order valence-corrected chi connectivity index (χ4v) is 1.59. The Balaban J connectivity index is 0.000000325. The van der Waals surface area contributed by atoms with Crippen LogP contribution in [0.1, 0.15) is 39.5 Å². The standard InChI is InChI=1S/C6H6O3S.C6H14/c7-10(8,9)6-4-2-1-3-5-6;1-3-5-6-4-2/h1-5H,(H,7,8,9);3-6H2,1-2H3. The molecule has 1 aromatic carbocycles. The van der Waals surface area contributed by atoms with Crippen molar-refractivity contribution in [1.29, 1.82) is 0 Å². The molecule has 0 atom stereocenters. The minimum atomic E-state index is -4.00. The fraction of sp³-hybridized carbons (Fsp3) is 0.500. The van der Waals surface area contributed by atoms with Crippen LogP contribution in [0.2, 0.25) is 0 Å². The predicted molar refractivity (Wildman–Crippen MR) is 66.1 cm³/mol. The lowest BCUT2D eigenvalue weighted by Gasteiger charge is -1.92. The first-order valence-corrected chi connectivity index (χ1v) is 6.98. The van der Waals surface area contributed by atoms with E-state index in [1.807, 2.05) is 0 Å². The van der Waals surface area contributed by atoms with E-state index in [-0.39, 0.29) is 4.90 Å². The summed E-state index contributed by atoms with van der Waals surface area (Å²) >= 11 is 0. The van der Waals surface area contributed by atoms with Crippen LogP contribution in [0.25, 0.3) is 0 Å². The summed E-state index contributed by atoms with van der Waals surface area (Å²) in [7, 11) is -4.00. The molecule has 0 saturated carbocycles. The predicted octanol–water partition coefficient (Wildman–Crippen LogP) is 3.52. The number of hydrogen-bond donors (Lipinski definition) is 1. The molecule has 0 aromatic heterocycles. The SMILES string of the molecule is CCCCCC.O=S(=O)(O)c1ccccc1. The Morgan fingerprint density at radius 3 is 1.69 bits per heavy atom. The normalized spacial score (nSPS) is 10.4.